The summed E-state index contributed by atoms with van der Waals surface area (Å²) in [5, 5.41) is 0. The van der Waals surface area contributed by atoms with E-state index in [-0.39, 0.29) is 28.7 Å². The van der Waals surface area contributed by atoms with E-state index in [1.165, 1.54) is 0 Å². The van der Waals surface area contributed by atoms with Crippen LogP contribution in [0.15, 0.2) is 0 Å². The van der Waals surface area contributed by atoms with Gasteiger partial charge in [-0.3, -0.25) is 4.57 Å². The molecule has 6 heteroatoms. The molecule has 0 aliphatic carbocycles. The summed E-state index contributed by atoms with van der Waals surface area (Å²) >= 11 is 0. The van der Waals surface area contributed by atoms with Gasteiger partial charge in [-0.2, -0.15) is 0 Å². The first-order valence-corrected chi connectivity index (χ1v) is 1.10. The second-order valence-corrected chi connectivity index (χ2v) is 0.224. The van der Waals surface area contributed by atoms with Gasteiger partial charge in [0.25, 0.3) is 0 Å². The molecule has 0 saturated heterocycles. The second-order valence-electron chi connectivity index (χ2n) is 0.0745. The van der Waals surface area contributed by atoms with Gasteiger partial charge in [0, 0.05) is 17.1 Å². The molecule has 0 rings (SSSR count). The predicted octanol–water partition coefficient (Wildman–Crippen LogP) is -0.898. The minimum absolute atomic E-state index is 0. The van der Waals surface area contributed by atoms with Gasteiger partial charge in [-0.15, -0.1) is 0 Å². The topological polar surface area (TPSA) is 108 Å². The van der Waals surface area contributed by atoms with E-state index in [0.717, 1.165) is 0 Å². The largest absolute Gasteiger partial charge is 0.772 e. The fourth-order valence-electron chi connectivity index (χ4n) is 0. The van der Waals surface area contributed by atoms with Crippen LogP contribution in [0.25, 0.3) is 0 Å². The molecule has 0 aromatic carbocycles. The molecule has 6 N–H and O–H groups in total. The Labute approximate surface area is 47.6 Å². The van der Waals surface area contributed by atoms with Crippen LogP contribution in [0.2, 0.25) is 0 Å². The van der Waals surface area contributed by atoms with Crippen molar-refractivity contribution in [1.82, 2.24) is 6.15 Å². The van der Waals surface area contributed by atoms with Crippen LogP contribution in [0, 0.1) is 0 Å². The fourth-order valence-corrected chi connectivity index (χ4v) is 0. The second kappa shape index (κ2) is 49.5. The number of rotatable bonds is 0. The van der Waals surface area contributed by atoms with Gasteiger partial charge >= 0.3 is 0 Å². The standard InChI is InChI=1S/Fe.H3N.HO2P.H2O/c;;1-3-2;/h;1H3;(H,1,2);1H2. The Morgan fingerprint density at radius 1 is 1.50 bits per heavy atom. The van der Waals surface area contributed by atoms with Crippen molar-refractivity contribution in [1.29, 1.82) is 0 Å². The molecule has 0 spiro atoms. The monoisotopic (exact) mass is 155 g/mol. The molecule has 42 valence electrons. The summed E-state index contributed by atoms with van der Waals surface area (Å²) in [4.78, 5) is 8.35. The molecule has 0 aliphatic heterocycles. The zero-order chi connectivity index (χ0) is 2.71. The first-order valence-electron chi connectivity index (χ1n) is 0.365. The Balaban J connectivity index is -0.00000000667. The summed E-state index contributed by atoms with van der Waals surface area (Å²) in [6.07, 6.45) is 0. The van der Waals surface area contributed by atoms with Gasteiger partial charge in [-0.05, 0) is 0 Å². The minimum atomic E-state index is -1.08. The molecule has 0 aromatic heterocycles. The summed E-state index contributed by atoms with van der Waals surface area (Å²) in [5.74, 6) is 0. The van der Waals surface area contributed by atoms with Crippen LogP contribution in [-0.2, 0) is 21.6 Å². The first kappa shape index (κ1) is 31.5. The van der Waals surface area contributed by atoms with Crippen LogP contribution >= 0.6 is 8.69 Å². The molecule has 6 heavy (non-hydrogen) atoms. The molecule has 0 aliphatic rings. The summed E-state index contributed by atoms with van der Waals surface area (Å²) in [6, 6.07) is 0. The third kappa shape index (κ3) is 221. The van der Waals surface area contributed by atoms with Crippen molar-refractivity contribution in [3.8, 4) is 0 Å². The molecule has 0 heterocycles. The van der Waals surface area contributed by atoms with Crippen molar-refractivity contribution in [2.45, 2.75) is 0 Å². The van der Waals surface area contributed by atoms with Crippen molar-refractivity contribution in [3.05, 3.63) is 0 Å². The Morgan fingerprint density at radius 2 is 1.50 bits per heavy atom. The Bertz CT molecular complexity index is 18.3. The van der Waals surface area contributed by atoms with Gasteiger partial charge in [0.05, 0.1) is 8.69 Å². The number of hydrogen-bond acceptors (Lipinski definition) is 2. The van der Waals surface area contributed by atoms with Gasteiger partial charge in [-0.25, -0.2) is 0 Å². The number of quaternary nitrogens is 1. The van der Waals surface area contributed by atoms with Crippen LogP contribution in [0.1, 0.15) is 0 Å². The van der Waals surface area contributed by atoms with Crippen molar-refractivity contribution in [2.75, 3.05) is 0 Å². The van der Waals surface area contributed by atoms with Crippen LogP contribution in [0.4, 0.5) is 0 Å². The molecular weight excluding hydrogens is 149 g/mol. The third-order valence-corrected chi connectivity index (χ3v) is 0. The van der Waals surface area contributed by atoms with Crippen LogP contribution in [0.5, 0.6) is 0 Å². The predicted molar refractivity (Wildman–Crippen MR) is 17.2 cm³/mol. The van der Waals surface area contributed by atoms with E-state index < -0.39 is 8.69 Å². The maximum Gasteiger partial charge on any atom is 0.0642 e. The van der Waals surface area contributed by atoms with Gasteiger partial charge in [0.2, 0.25) is 0 Å². The van der Waals surface area contributed by atoms with Crippen LogP contribution in [-0.4, -0.2) is 5.48 Å². The summed E-state index contributed by atoms with van der Waals surface area (Å²) in [7, 11) is -1.08. The molecule has 0 radical (unpaired) electrons. The third-order valence-electron chi connectivity index (χ3n) is 0. The van der Waals surface area contributed by atoms with Crippen molar-refractivity contribution in [2.24, 2.45) is 0 Å². The summed E-state index contributed by atoms with van der Waals surface area (Å²) in [5.41, 5.74) is 0. The maximum atomic E-state index is 8.35. The molecule has 0 atom stereocenters. The Morgan fingerprint density at radius 3 is 1.50 bits per heavy atom. The SMILES string of the molecule is O.O=P[O-].[Fe].[NH4+]. The van der Waals surface area contributed by atoms with Gasteiger partial charge in [0.15, 0.2) is 0 Å². The zero-order valence-corrected chi connectivity index (χ0v) is 5.12. The smallest absolute Gasteiger partial charge is 0.0642 e. The van der Waals surface area contributed by atoms with E-state index in [2.05, 4.69) is 0 Å². The average Bonchev–Trinajstić information content (AvgIpc) is 0.918. The molecule has 0 fully saturated rings. The first-order chi connectivity index (χ1) is 1.41. The minimum Gasteiger partial charge on any atom is -0.772 e. The Kier molecular flexibility index (Phi) is 260. The van der Waals surface area contributed by atoms with Gasteiger partial charge in [-0.1, -0.05) is 0 Å². The van der Waals surface area contributed by atoms with Crippen molar-refractivity contribution >= 4 is 8.69 Å². The van der Waals surface area contributed by atoms with Crippen LogP contribution in [0.3, 0.4) is 0 Å². The quantitative estimate of drug-likeness (QED) is 0.361. The van der Waals surface area contributed by atoms with Crippen molar-refractivity contribution < 1.29 is 32.0 Å². The van der Waals surface area contributed by atoms with E-state index in [9.17, 15) is 0 Å². The van der Waals surface area contributed by atoms with Gasteiger partial charge < -0.3 is 16.5 Å². The molecule has 4 nitrogen and oxygen atoms in total. The van der Waals surface area contributed by atoms with Crippen LogP contribution < -0.4 is 11.0 Å². The van der Waals surface area contributed by atoms with E-state index in [0.29, 0.717) is 0 Å². The summed E-state index contributed by atoms with van der Waals surface area (Å²) < 4.78 is 8.35. The summed E-state index contributed by atoms with van der Waals surface area (Å²) in [6.45, 7) is 0. The van der Waals surface area contributed by atoms with Crippen molar-refractivity contribution in [3.63, 3.8) is 0 Å². The average molecular weight is 155 g/mol. The molecule has 0 amide bonds. The molecule has 0 bridgehead atoms. The fraction of sp³-hybridized carbons (Fsp3) is 0. The molecule has 0 aromatic rings. The molecule has 0 saturated carbocycles. The van der Waals surface area contributed by atoms with E-state index in [1.54, 1.807) is 0 Å². The normalized spacial score (nSPS) is 3.50. The van der Waals surface area contributed by atoms with E-state index in [1.807, 2.05) is 0 Å². The maximum absolute atomic E-state index is 8.35. The van der Waals surface area contributed by atoms with Gasteiger partial charge in [0.1, 0.15) is 0 Å². The molecular formula is H6FeNO3P. The van der Waals surface area contributed by atoms with E-state index in [4.69, 9.17) is 9.46 Å². The van der Waals surface area contributed by atoms with E-state index >= 15 is 0 Å². The zero-order valence-electron chi connectivity index (χ0n) is 3.12. The Hall–Kier alpha value is 0.499. The molecule has 0 unspecified atom stereocenters. The number of hydrogen-bond donors (Lipinski definition) is 1.